The van der Waals surface area contributed by atoms with Gasteiger partial charge < -0.3 is 19.7 Å². The van der Waals surface area contributed by atoms with E-state index in [1.54, 1.807) is 14.2 Å². The number of nitrogens with zero attached hydrogens (tertiary/aromatic N) is 1. The van der Waals surface area contributed by atoms with E-state index in [9.17, 15) is 4.79 Å². The molecule has 0 saturated carbocycles. The summed E-state index contributed by atoms with van der Waals surface area (Å²) < 4.78 is 10.5. The normalized spacial score (nSPS) is 10.5. The molecule has 0 spiro atoms. The lowest BCUT2D eigenvalue weighted by Gasteiger charge is -2.13. The van der Waals surface area contributed by atoms with Crippen molar-refractivity contribution in [1.82, 2.24) is 10.2 Å². The van der Waals surface area contributed by atoms with Crippen molar-refractivity contribution in [3.63, 3.8) is 0 Å². The average Bonchev–Trinajstić information content (AvgIpc) is 2.40. The summed E-state index contributed by atoms with van der Waals surface area (Å²) in [4.78, 5) is 13.9. The standard InChI is InChI=1S/C15H24N2O3/c1-11-8-13(19-4)14(20-5)9-12(11)10-15(18)16-6-7-17(2)3/h8-9H,6-7,10H2,1-5H3,(H,16,18). The van der Waals surface area contributed by atoms with E-state index in [4.69, 9.17) is 9.47 Å². The number of methoxy groups -OCH3 is 2. The van der Waals surface area contributed by atoms with E-state index < -0.39 is 0 Å². The van der Waals surface area contributed by atoms with Crippen molar-refractivity contribution in [3.05, 3.63) is 23.3 Å². The minimum Gasteiger partial charge on any atom is -0.493 e. The van der Waals surface area contributed by atoms with Crippen LogP contribution in [0.3, 0.4) is 0 Å². The van der Waals surface area contributed by atoms with E-state index in [0.717, 1.165) is 17.7 Å². The Morgan fingerprint density at radius 2 is 1.80 bits per heavy atom. The minimum absolute atomic E-state index is 0.0159. The monoisotopic (exact) mass is 280 g/mol. The number of carbonyl (C=O) groups is 1. The van der Waals surface area contributed by atoms with Crippen molar-refractivity contribution < 1.29 is 14.3 Å². The molecule has 0 aromatic heterocycles. The lowest BCUT2D eigenvalue weighted by molar-refractivity contribution is -0.120. The molecule has 5 heteroatoms. The van der Waals surface area contributed by atoms with Gasteiger partial charge >= 0.3 is 0 Å². The van der Waals surface area contributed by atoms with Gasteiger partial charge in [-0.05, 0) is 44.3 Å². The van der Waals surface area contributed by atoms with Crippen LogP contribution in [-0.2, 0) is 11.2 Å². The molecule has 0 radical (unpaired) electrons. The molecular weight excluding hydrogens is 256 g/mol. The lowest BCUT2D eigenvalue weighted by Crippen LogP contribution is -2.32. The van der Waals surface area contributed by atoms with Crippen LogP contribution >= 0.6 is 0 Å². The van der Waals surface area contributed by atoms with Crippen LogP contribution in [-0.4, -0.2) is 52.2 Å². The molecule has 1 rings (SSSR count). The first-order chi connectivity index (χ1) is 9.47. The molecule has 5 nitrogen and oxygen atoms in total. The maximum absolute atomic E-state index is 11.9. The molecule has 20 heavy (non-hydrogen) atoms. The van der Waals surface area contributed by atoms with E-state index >= 15 is 0 Å². The summed E-state index contributed by atoms with van der Waals surface area (Å²) in [5.41, 5.74) is 1.97. The van der Waals surface area contributed by atoms with Gasteiger partial charge in [-0.15, -0.1) is 0 Å². The van der Waals surface area contributed by atoms with E-state index in [0.29, 0.717) is 24.5 Å². The topological polar surface area (TPSA) is 50.8 Å². The second-order valence-electron chi connectivity index (χ2n) is 4.96. The molecule has 0 fully saturated rings. The number of benzene rings is 1. The molecular formula is C15H24N2O3. The molecule has 1 amide bonds. The molecule has 0 aliphatic heterocycles. The van der Waals surface area contributed by atoms with E-state index in [1.807, 2.05) is 38.1 Å². The first kappa shape index (κ1) is 16.3. The predicted octanol–water partition coefficient (Wildman–Crippen LogP) is 1.23. The van der Waals surface area contributed by atoms with Crippen LogP contribution in [0.4, 0.5) is 0 Å². The number of likely N-dealkylation sites (N-methyl/N-ethyl adjacent to an activating group) is 1. The Morgan fingerprint density at radius 3 is 2.35 bits per heavy atom. The number of hydrogen-bond acceptors (Lipinski definition) is 4. The van der Waals surface area contributed by atoms with Gasteiger partial charge in [0.1, 0.15) is 0 Å². The molecule has 112 valence electrons. The van der Waals surface area contributed by atoms with E-state index in [2.05, 4.69) is 5.32 Å². The molecule has 1 aromatic carbocycles. The highest BCUT2D eigenvalue weighted by Crippen LogP contribution is 2.30. The predicted molar refractivity (Wildman–Crippen MR) is 79.6 cm³/mol. The number of carbonyl (C=O) groups excluding carboxylic acids is 1. The van der Waals surface area contributed by atoms with Crippen molar-refractivity contribution in [2.45, 2.75) is 13.3 Å². The summed E-state index contributed by atoms with van der Waals surface area (Å²) in [5, 5.41) is 2.90. The zero-order valence-electron chi connectivity index (χ0n) is 12.9. The number of hydrogen-bond donors (Lipinski definition) is 1. The Kier molecular flexibility index (Phi) is 6.31. The third kappa shape index (κ3) is 4.74. The van der Waals surface area contributed by atoms with Gasteiger partial charge in [0.2, 0.25) is 5.91 Å². The lowest BCUT2D eigenvalue weighted by atomic mass is 10.0. The van der Waals surface area contributed by atoms with Crippen LogP contribution in [0.15, 0.2) is 12.1 Å². The first-order valence-electron chi connectivity index (χ1n) is 6.60. The fraction of sp³-hybridized carbons (Fsp3) is 0.533. The highest BCUT2D eigenvalue weighted by atomic mass is 16.5. The summed E-state index contributed by atoms with van der Waals surface area (Å²) >= 11 is 0. The zero-order chi connectivity index (χ0) is 15.1. The fourth-order valence-electron chi connectivity index (χ4n) is 1.87. The number of amides is 1. The molecule has 0 saturated heterocycles. The van der Waals surface area contributed by atoms with Crippen molar-refractivity contribution in [2.75, 3.05) is 41.4 Å². The summed E-state index contributed by atoms with van der Waals surface area (Å²) in [7, 11) is 7.15. The number of rotatable bonds is 7. The van der Waals surface area contributed by atoms with E-state index in [1.165, 1.54) is 0 Å². The Balaban J connectivity index is 2.69. The Hall–Kier alpha value is -1.75. The third-order valence-electron chi connectivity index (χ3n) is 3.07. The summed E-state index contributed by atoms with van der Waals surface area (Å²) in [6, 6.07) is 3.75. The van der Waals surface area contributed by atoms with Crippen LogP contribution in [0.25, 0.3) is 0 Å². The van der Waals surface area contributed by atoms with Gasteiger partial charge in [0.25, 0.3) is 0 Å². The average molecular weight is 280 g/mol. The van der Waals surface area contributed by atoms with Gasteiger partial charge in [0.05, 0.1) is 20.6 Å². The SMILES string of the molecule is COc1cc(C)c(CC(=O)NCCN(C)C)cc1OC. The highest BCUT2D eigenvalue weighted by Gasteiger charge is 2.11. The molecule has 0 aliphatic carbocycles. The second kappa shape index (κ2) is 7.75. The smallest absolute Gasteiger partial charge is 0.224 e. The summed E-state index contributed by atoms with van der Waals surface area (Å²) in [6.07, 6.45) is 0.347. The second-order valence-corrected chi connectivity index (χ2v) is 4.96. The summed E-state index contributed by atoms with van der Waals surface area (Å²) in [6.45, 7) is 3.44. The summed E-state index contributed by atoms with van der Waals surface area (Å²) in [5.74, 6) is 1.35. The largest absolute Gasteiger partial charge is 0.493 e. The Labute approximate surface area is 120 Å². The van der Waals surface area contributed by atoms with Crippen LogP contribution in [0.2, 0.25) is 0 Å². The van der Waals surface area contributed by atoms with Gasteiger partial charge in [-0.2, -0.15) is 0 Å². The van der Waals surface area contributed by atoms with Gasteiger partial charge in [-0.25, -0.2) is 0 Å². The molecule has 0 unspecified atom stereocenters. The van der Waals surface area contributed by atoms with E-state index in [-0.39, 0.29) is 5.91 Å². The quantitative estimate of drug-likeness (QED) is 0.816. The fourth-order valence-corrected chi connectivity index (χ4v) is 1.87. The van der Waals surface area contributed by atoms with Crippen molar-refractivity contribution in [1.29, 1.82) is 0 Å². The van der Waals surface area contributed by atoms with Crippen LogP contribution in [0.1, 0.15) is 11.1 Å². The molecule has 0 atom stereocenters. The van der Waals surface area contributed by atoms with Crippen LogP contribution < -0.4 is 14.8 Å². The van der Waals surface area contributed by atoms with Gasteiger partial charge in [-0.3, -0.25) is 4.79 Å². The number of aryl methyl sites for hydroxylation is 1. The first-order valence-corrected chi connectivity index (χ1v) is 6.60. The maximum atomic E-state index is 11.9. The Bertz CT molecular complexity index is 459. The third-order valence-corrected chi connectivity index (χ3v) is 3.07. The highest BCUT2D eigenvalue weighted by molar-refractivity contribution is 5.79. The van der Waals surface area contributed by atoms with Crippen molar-refractivity contribution in [2.24, 2.45) is 0 Å². The zero-order valence-corrected chi connectivity index (χ0v) is 12.9. The van der Waals surface area contributed by atoms with Gasteiger partial charge in [-0.1, -0.05) is 0 Å². The van der Waals surface area contributed by atoms with Crippen LogP contribution in [0.5, 0.6) is 11.5 Å². The van der Waals surface area contributed by atoms with Crippen molar-refractivity contribution in [3.8, 4) is 11.5 Å². The maximum Gasteiger partial charge on any atom is 0.224 e. The van der Waals surface area contributed by atoms with Gasteiger partial charge in [0, 0.05) is 13.1 Å². The van der Waals surface area contributed by atoms with Crippen molar-refractivity contribution >= 4 is 5.91 Å². The molecule has 0 aliphatic rings. The van der Waals surface area contributed by atoms with Gasteiger partial charge in [0.15, 0.2) is 11.5 Å². The minimum atomic E-state index is 0.0159. The number of ether oxygens (including phenoxy) is 2. The molecule has 1 N–H and O–H groups in total. The molecule has 0 bridgehead atoms. The van der Waals surface area contributed by atoms with Crippen LogP contribution in [0, 0.1) is 6.92 Å². The molecule has 0 heterocycles. The number of nitrogens with one attached hydrogen (secondary N) is 1. The molecule has 1 aromatic rings. The Morgan fingerprint density at radius 1 is 1.20 bits per heavy atom.